The van der Waals surface area contributed by atoms with Crippen LogP contribution in [0.2, 0.25) is 0 Å². The minimum absolute atomic E-state index is 0.372. The Morgan fingerprint density at radius 3 is 1.48 bits per heavy atom. The van der Waals surface area contributed by atoms with Crippen LogP contribution in [-0.4, -0.2) is 24.9 Å². The molecule has 1 N–H and O–H groups in total. The van der Waals surface area contributed by atoms with E-state index < -0.39 is 0 Å². The Balaban J connectivity index is 0. The van der Waals surface area contributed by atoms with Gasteiger partial charge in [0.2, 0.25) is 0 Å². The van der Waals surface area contributed by atoms with Crippen molar-refractivity contribution in [1.82, 2.24) is 0 Å². The fraction of sp³-hybridized carbons (Fsp3) is 1.00. The summed E-state index contributed by atoms with van der Waals surface area (Å²) in [6, 6.07) is 0. The summed E-state index contributed by atoms with van der Waals surface area (Å²) < 4.78 is 0. The number of rotatable bonds is 15. The van der Waals surface area contributed by atoms with Gasteiger partial charge in [0.25, 0.3) is 0 Å². The van der Waals surface area contributed by atoms with Crippen molar-refractivity contribution in [2.24, 2.45) is 0 Å². The second-order valence-electron chi connectivity index (χ2n) is 5.49. The Hall–Kier alpha value is -0.120. The molecular weight excluding hydrogens is 264 g/mol. The highest BCUT2D eigenvalue weighted by atomic mass is 17.2. The number of hydrogen-bond donors (Lipinski definition) is 1. The van der Waals surface area contributed by atoms with Gasteiger partial charge in [-0.1, -0.05) is 78.1 Å². The molecule has 0 aromatic carbocycles. The van der Waals surface area contributed by atoms with Crippen molar-refractivity contribution in [3.8, 4) is 0 Å². The second kappa shape index (κ2) is 24.9. The summed E-state index contributed by atoms with van der Waals surface area (Å²) in [5, 5.41) is 8.57. The first-order valence-electron chi connectivity index (χ1n) is 9.18. The zero-order valence-corrected chi connectivity index (χ0v) is 14.9. The van der Waals surface area contributed by atoms with Crippen LogP contribution in [0, 0.1) is 0 Å². The molecule has 0 fully saturated rings. The predicted molar refractivity (Wildman–Crippen MR) is 91.4 cm³/mol. The molecular formula is C18H40O3. The average molecular weight is 305 g/mol. The zero-order chi connectivity index (χ0) is 16.0. The first-order valence-corrected chi connectivity index (χ1v) is 9.18. The van der Waals surface area contributed by atoms with Crippen LogP contribution < -0.4 is 0 Å². The number of hydrogen-bond acceptors (Lipinski definition) is 3. The molecule has 0 aromatic rings. The summed E-state index contributed by atoms with van der Waals surface area (Å²) in [5.41, 5.74) is 0. The van der Waals surface area contributed by atoms with Crippen LogP contribution in [0.1, 0.15) is 97.8 Å². The Kier molecular flexibility index (Phi) is 27.4. The molecule has 0 radical (unpaired) electrons. The quantitative estimate of drug-likeness (QED) is 0.241. The van der Waals surface area contributed by atoms with Crippen molar-refractivity contribution < 1.29 is 14.9 Å². The van der Waals surface area contributed by atoms with Gasteiger partial charge in [0.05, 0.1) is 13.2 Å². The van der Waals surface area contributed by atoms with E-state index in [2.05, 4.69) is 18.7 Å². The van der Waals surface area contributed by atoms with Gasteiger partial charge >= 0.3 is 0 Å². The Morgan fingerprint density at radius 2 is 1.05 bits per heavy atom. The topological polar surface area (TPSA) is 38.7 Å². The zero-order valence-electron chi connectivity index (χ0n) is 14.9. The van der Waals surface area contributed by atoms with Crippen molar-refractivity contribution in [1.29, 1.82) is 0 Å². The highest BCUT2D eigenvalue weighted by molar-refractivity contribution is 4.46. The van der Waals surface area contributed by atoms with Crippen LogP contribution in [0.5, 0.6) is 0 Å². The number of aliphatic hydroxyl groups excluding tert-OH is 1. The van der Waals surface area contributed by atoms with Gasteiger partial charge in [0.15, 0.2) is 0 Å². The lowest BCUT2D eigenvalue weighted by molar-refractivity contribution is -0.291. The van der Waals surface area contributed by atoms with Crippen LogP contribution in [0.15, 0.2) is 0 Å². The van der Waals surface area contributed by atoms with Gasteiger partial charge in [-0.3, -0.25) is 0 Å². The maximum absolute atomic E-state index is 8.57. The largest absolute Gasteiger partial charge is 0.396 e. The van der Waals surface area contributed by atoms with Crippen molar-refractivity contribution in [3.63, 3.8) is 0 Å². The fourth-order valence-electron chi connectivity index (χ4n) is 1.94. The molecule has 0 aromatic heterocycles. The van der Waals surface area contributed by atoms with E-state index in [-0.39, 0.29) is 0 Å². The molecule has 3 nitrogen and oxygen atoms in total. The fourth-order valence-corrected chi connectivity index (χ4v) is 1.94. The van der Waals surface area contributed by atoms with E-state index in [1.165, 1.54) is 57.8 Å². The smallest absolute Gasteiger partial charge is 0.0822 e. The van der Waals surface area contributed by atoms with E-state index in [0.29, 0.717) is 13.2 Å². The van der Waals surface area contributed by atoms with E-state index in [0.717, 1.165) is 25.9 Å². The van der Waals surface area contributed by atoms with Crippen molar-refractivity contribution in [2.75, 3.05) is 19.8 Å². The first-order chi connectivity index (χ1) is 10.3. The number of aliphatic hydroxyl groups is 1. The Bertz CT molecular complexity index is 135. The van der Waals surface area contributed by atoms with E-state index in [4.69, 9.17) is 9.99 Å². The maximum atomic E-state index is 8.57. The minimum atomic E-state index is 0.372. The van der Waals surface area contributed by atoms with Gasteiger partial charge in [-0.05, 0) is 19.8 Å². The molecule has 0 amide bonds. The summed E-state index contributed by atoms with van der Waals surface area (Å²) in [4.78, 5) is 9.36. The second-order valence-corrected chi connectivity index (χ2v) is 5.49. The molecule has 0 rings (SSSR count). The molecule has 3 heteroatoms. The SMILES string of the molecule is CCCCCCCCCCCCO.CCCCOOCC. The van der Waals surface area contributed by atoms with Gasteiger partial charge in [-0.2, -0.15) is 0 Å². The highest BCUT2D eigenvalue weighted by Crippen LogP contribution is 2.09. The molecule has 0 spiro atoms. The van der Waals surface area contributed by atoms with Crippen LogP contribution in [0.3, 0.4) is 0 Å². The molecule has 0 bridgehead atoms. The predicted octanol–water partition coefficient (Wildman–Crippen LogP) is 5.65. The normalized spacial score (nSPS) is 10.3. The molecule has 0 saturated heterocycles. The third kappa shape index (κ3) is 28.7. The Morgan fingerprint density at radius 1 is 0.571 bits per heavy atom. The lowest BCUT2D eigenvalue weighted by atomic mass is 10.1. The standard InChI is InChI=1S/C12H26O.C6H14O2/c1-2-3-4-5-6-7-8-9-10-11-12-13;1-3-5-6-8-7-4-2/h13H,2-12H2,1H3;3-6H2,1-2H3. The molecule has 0 aliphatic carbocycles. The molecule has 0 atom stereocenters. The van der Waals surface area contributed by atoms with E-state index in [1.54, 1.807) is 0 Å². The maximum Gasteiger partial charge on any atom is 0.0822 e. The highest BCUT2D eigenvalue weighted by Gasteiger charge is 1.91. The van der Waals surface area contributed by atoms with Crippen molar-refractivity contribution in [2.45, 2.75) is 97.8 Å². The van der Waals surface area contributed by atoms with Gasteiger partial charge in [-0.25, -0.2) is 9.78 Å². The van der Waals surface area contributed by atoms with Crippen LogP contribution in [-0.2, 0) is 9.78 Å². The monoisotopic (exact) mass is 304 g/mol. The molecule has 0 unspecified atom stereocenters. The summed E-state index contributed by atoms with van der Waals surface area (Å²) in [5.74, 6) is 0. The van der Waals surface area contributed by atoms with E-state index >= 15 is 0 Å². The molecule has 0 aliphatic heterocycles. The van der Waals surface area contributed by atoms with Gasteiger partial charge in [0, 0.05) is 6.61 Å². The van der Waals surface area contributed by atoms with E-state index in [9.17, 15) is 0 Å². The molecule has 21 heavy (non-hydrogen) atoms. The first kappa shape index (κ1) is 23.2. The molecule has 130 valence electrons. The molecule has 0 heterocycles. The summed E-state index contributed by atoms with van der Waals surface area (Å²) >= 11 is 0. The van der Waals surface area contributed by atoms with Crippen molar-refractivity contribution in [3.05, 3.63) is 0 Å². The summed E-state index contributed by atoms with van der Waals surface area (Å²) in [6.45, 7) is 8.03. The summed E-state index contributed by atoms with van der Waals surface area (Å²) in [6.07, 6.45) is 15.5. The van der Waals surface area contributed by atoms with Gasteiger partial charge < -0.3 is 5.11 Å². The third-order valence-corrected chi connectivity index (χ3v) is 3.29. The minimum Gasteiger partial charge on any atom is -0.396 e. The van der Waals surface area contributed by atoms with Crippen molar-refractivity contribution >= 4 is 0 Å². The lowest BCUT2D eigenvalue weighted by Gasteiger charge is -2.00. The van der Waals surface area contributed by atoms with Crippen LogP contribution >= 0.6 is 0 Å². The van der Waals surface area contributed by atoms with Gasteiger partial charge in [-0.15, -0.1) is 0 Å². The number of unbranched alkanes of at least 4 members (excludes halogenated alkanes) is 10. The molecule has 0 saturated carbocycles. The van der Waals surface area contributed by atoms with Crippen LogP contribution in [0.4, 0.5) is 0 Å². The summed E-state index contributed by atoms with van der Waals surface area (Å²) in [7, 11) is 0. The Labute approximate surface area is 133 Å². The van der Waals surface area contributed by atoms with Crippen LogP contribution in [0.25, 0.3) is 0 Å². The van der Waals surface area contributed by atoms with E-state index in [1.807, 2.05) is 6.92 Å². The third-order valence-electron chi connectivity index (χ3n) is 3.29. The molecule has 0 aliphatic rings. The average Bonchev–Trinajstić information content (AvgIpc) is 2.51. The van der Waals surface area contributed by atoms with Gasteiger partial charge in [0.1, 0.15) is 0 Å². The lowest BCUT2D eigenvalue weighted by Crippen LogP contribution is -1.94.